The molecule has 0 aliphatic rings. The van der Waals surface area contributed by atoms with Crippen molar-refractivity contribution in [2.75, 3.05) is 5.32 Å². The van der Waals surface area contributed by atoms with Gasteiger partial charge in [0.25, 0.3) is 11.6 Å². The van der Waals surface area contributed by atoms with E-state index in [0.29, 0.717) is 0 Å². The summed E-state index contributed by atoms with van der Waals surface area (Å²) in [6, 6.07) is 10.0. The number of hydrogen-bond acceptors (Lipinski definition) is 6. The van der Waals surface area contributed by atoms with Gasteiger partial charge in [0.15, 0.2) is 0 Å². The van der Waals surface area contributed by atoms with Crippen molar-refractivity contribution in [2.24, 2.45) is 5.10 Å². The summed E-state index contributed by atoms with van der Waals surface area (Å²) >= 11 is 3.32. The fourth-order valence-corrected chi connectivity index (χ4v) is 2.14. The second-order valence-electron chi connectivity index (χ2n) is 5.09. The molecule has 0 spiro atoms. The highest BCUT2D eigenvalue weighted by atomic mass is 79.9. The molecule has 0 radical (unpaired) electrons. The number of anilines is 1. The molecule has 0 aliphatic heterocycles. The van der Waals surface area contributed by atoms with Crippen molar-refractivity contribution in [1.82, 2.24) is 5.43 Å². The fraction of sp³-hybridized carbons (Fsp3) is 0.125. The van der Waals surface area contributed by atoms with Crippen LogP contribution < -0.4 is 15.8 Å². The zero-order chi connectivity index (χ0) is 18.4. The third kappa shape index (κ3) is 5.28. The van der Waals surface area contributed by atoms with E-state index in [1.165, 1.54) is 0 Å². The lowest BCUT2D eigenvalue weighted by atomic mass is 10.2. The molecular formula is C16H14BrN4O4-. The van der Waals surface area contributed by atoms with Crippen molar-refractivity contribution in [3.8, 4) is 5.75 Å². The Balaban J connectivity index is 1.96. The van der Waals surface area contributed by atoms with Gasteiger partial charge in [-0.1, -0.05) is 27.7 Å². The van der Waals surface area contributed by atoms with E-state index in [1.807, 2.05) is 24.3 Å². The zero-order valence-corrected chi connectivity index (χ0v) is 14.7. The van der Waals surface area contributed by atoms with Crippen LogP contribution in [0.25, 0.3) is 0 Å². The fourth-order valence-electron chi connectivity index (χ4n) is 1.87. The molecular weight excluding hydrogens is 392 g/mol. The first-order chi connectivity index (χ1) is 11.9. The van der Waals surface area contributed by atoms with Gasteiger partial charge in [-0.3, -0.25) is 14.9 Å². The van der Waals surface area contributed by atoms with Gasteiger partial charge >= 0.3 is 0 Å². The van der Waals surface area contributed by atoms with Crippen LogP contribution >= 0.6 is 15.9 Å². The molecule has 0 saturated carbocycles. The van der Waals surface area contributed by atoms with E-state index in [0.717, 1.165) is 34.6 Å². The second kappa shape index (κ2) is 8.25. The van der Waals surface area contributed by atoms with Crippen LogP contribution in [0.3, 0.4) is 0 Å². The molecule has 2 aromatic carbocycles. The number of non-ortho nitro benzene ring substituents is 1. The monoisotopic (exact) mass is 405 g/mol. The van der Waals surface area contributed by atoms with E-state index in [1.54, 1.807) is 6.92 Å². The summed E-state index contributed by atoms with van der Waals surface area (Å²) in [5, 5.41) is 29.0. The zero-order valence-electron chi connectivity index (χ0n) is 13.1. The van der Waals surface area contributed by atoms with Gasteiger partial charge in [-0.15, -0.1) is 0 Å². The number of carbonyl (C=O) groups excluding carboxylic acids is 1. The number of nitrogens with zero attached hydrogens (tertiary/aromatic N) is 2. The lowest BCUT2D eigenvalue weighted by Crippen LogP contribution is -2.34. The number of halogens is 1. The topological polar surface area (TPSA) is 120 Å². The molecule has 0 heterocycles. The van der Waals surface area contributed by atoms with Gasteiger partial charge < -0.3 is 10.4 Å². The first-order valence-electron chi connectivity index (χ1n) is 7.17. The van der Waals surface area contributed by atoms with Gasteiger partial charge in [-0.05, 0) is 36.8 Å². The van der Waals surface area contributed by atoms with Crippen LogP contribution in [0.2, 0.25) is 0 Å². The average Bonchev–Trinajstić information content (AvgIpc) is 2.58. The van der Waals surface area contributed by atoms with E-state index in [4.69, 9.17) is 0 Å². The van der Waals surface area contributed by atoms with Gasteiger partial charge in [0, 0.05) is 22.3 Å². The number of rotatable bonds is 6. The Hall–Kier alpha value is -2.94. The Morgan fingerprint density at radius 2 is 1.96 bits per heavy atom. The SMILES string of the molecule is C[C@@H](Nc1ccc(Br)cc1)C(=O)N/N=C\c1cc([N+](=O)[O-])ccc1[O-]. The van der Waals surface area contributed by atoms with E-state index in [9.17, 15) is 20.0 Å². The molecule has 1 amide bonds. The second-order valence-corrected chi connectivity index (χ2v) is 6.00. The lowest BCUT2D eigenvalue weighted by molar-refractivity contribution is -0.385. The predicted molar refractivity (Wildman–Crippen MR) is 95.5 cm³/mol. The smallest absolute Gasteiger partial charge is 0.270 e. The molecule has 130 valence electrons. The maximum Gasteiger partial charge on any atom is 0.270 e. The summed E-state index contributed by atoms with van der Waals surface area (Å²) < 4.78 is 0.921. The quantitative estimate of drug-likeness (QED) is 0.434. The summed E-state index contributed by atoms with van der Waals surface area (Å²) in [6.07, 6.45) is 1.08. The van der Waals surface area contributed by atoms with Crippen molar-refractivity contribution in [3.05, 3.63) is 62.6 Å². The van der Waals surface area contributed by atoms with Crippen LogP contribution in [0.5, 0.6) is 5.75 Å². The van der Waals surface area contributed by atoms with Crippen LogP contribution in [0, 0.1) is 10.1 Å². The number of nitro benzene ring substituents is 1. The molecule has 0 fully saturated rings. The summed E-state index contributed by atoms with van der Waals surface area (Å²) in [5.74, 6) is -0.846. The van der Waals surface area contributed by atoms with Crippen LogP contribution in [-0.2, 0) is 4.79 Å². The Labute approximate surface area is 151 Å². The summed E-state index contributed by atoms with van der Waals surface area (Å²) in [5.41, 5.74) is 2.84. The number of nitrogens with one attached hydrogen (secondary N) is 2. The minimum absolute atomic E-state index is 0.0167. The third-order valence-corrected chi connectivity index (χ3v) is 3.73. The summed E-state index contributed by atoms with van der Waals surface area (Å²) in [4.78, 5) is 22.1. The largest absolute Gasteiger partial charge is 0.872 e. The number of nitro groups is 1. The minimum atomic E-state index is -0.612. The molecule has 0 saturated heterocycles. The number of carbonyl (C=O) groups is 1. The van der Waals surface area contributed by atoms with E-state index in [-0.39, 0.29) is 11.3 Å². The first kappa shape index (κ1) is 18.4. The molecule has 0 unspecified atom stereocenters. The van der Waals surface area contributed by atoms with Gasteiger partial charge in [-0.25, -0.2) is 5.43 Å². The molecule has 2 aromatic rings. The van der Waals surface area contributed by atoms with Gasteiger partial charge in [0.05, 0.1) is 11.1 Å². The van der Waals surface area contributed by atoms with E-state index < -0.39 is 22.6 Å². The van der Waals surface area contributed by atoms with Crippen molar-refractivity contribution in [3.63, 3.8) is 0 Å². The normalized spacial score (nSPS) is 11.9. The van der Waals surface area contributed by atoms with Crippen molar-refractivity contribution in [2.45, 2.75) is 13.0 Å². The van der Waals surface area contributed by atoms with Crippen molar-refractivity contribution < 1.29 is 14.8 Å². The van der Waals surface area contributed by atoms with Gasteiger partial charge in [0.2, 0.25) is 0 Å². The maximum absolute atomic E-state index is 12.0. The molecule has 2 N–H and O–H groups in total. The predicted octanol–water partition coefficient (Wildman–Crippen LogP) is 2.38. The van der Waals surface area contributed by atoms with Gasteiger partial charge in [-0.2, -0.15) is 5.10 Å². The minimum Gasteiger partial charge on any atom is -0.872 e. The highest BCUT2D eigenvalue weighted by molar-refractivity contribution is 9.10. The Morgan fingerprint density at radius 3 is 2.60 bits per heavy atom. The number of amides is 1. The first-order valence-corrected chi connectivity index (χ1v) is 7.96. The standard InChI is InChI=1S/C16H15BrN4O4/c1-10(19-13-4-2-12(17)3-5-13)16(23)20-18-9-11-8-14(21(24)25)6-7-15(11)22/h2-10,19,22H,1H3,(H,20,23)/p-1/b18-9-/t10-/m1/s1. The van der Waals surface area contributed by atoms with E-state index in [2.05, 4.69) is 31.8 Å². The molecule has 25 heavy (non-hydrogen) atoms. The Morgan fingerprint density at radius 1 is 1.28 bits per heavy atom. The highest BCUT2D eigenvalue weighted by Crippen LogP contribution is 2.19. The summed E-state index contributed by atoms with van der Waals surface area (Å²) in [6.45, 7) is 1.65. The molecule has 2 rings (SSSR count). The molecule has 0 aliphatic carbocycles. The molecule has 0 aromatic heterocycles. The number of hydrogen-bond donors (Lipinski definition) is 2. The average molecular weight is 406 g/mol. The molecule has 1 atom stereocenters. The number of benzene rings is 2. The lowest BCUT2D eigenvalue weighted by Gasteiger charge is -2.13. The molecule has 0 bridgehead atoms. The molecule has 9 heteroatoms. The van der Waals surface area contributed by atoms with E-state index >= 15 is 0 Å². The third-order valence-electron chi connectivity index (χ3n) is 3.20. The van der Waals surface area contributed by atoms with Crippen LogP contribution in [-0.4, -0.2) is 23.1 Å². The van der Waals surface area contributed by atoms with Gasteiger partial charge in [0.1, 0.15) is 6.04 Å². The molecule has 8 nitrogen and oxygen atoms in total. The van der Waals surface area contributed by atoms with Crippen molar-refractivity contribution >= 4 is 39.4 Å². The van der Waals surface area contributed by atoms with Crippen molar-refractivity contribution in [1.29, 1.82) is 0 Å². The maximum atomic E-state index is 12.0. The number of hydrazone groups is 1. The highest BCUT2D eigenvalue weighted by Gasteiger charge is 2.11. The Kier molecular flexibility index (Phi) is 6.07. The summed E-state index contributed by atoms with van der Waals surface area (Å²) in [7, 11) is 0. The van der Waals surface area contributed by atoms with Crippen LogP contribution in [0.15, 0.2) is 52.0 Å². The van der Waals surface area contributed by atoms with Crippen LogP contribution in [0.4, 0.5) is 11.4 Å². The van der Waals surface area contributed by atoms with Crippen LogP contribution in [0.1, 0.15) is 12.5 Å². The Bertz CT molecular complexity index is 808.